The first kappa shape index (κ1) is 10.3. The minimum Gasteiger partial charge on any atom is -0.399 e. The van der Waals surface area contributed by atoms with Gasteiger partial charge in [-0.2, -0.15) is 0 Å². The lowest BCUT2D eigenvalue weighted by Crippen LogP contribution is -2.36. The van der Waals surface area contributed by atoms with Crippen LogP contribution in [-0.4, -0.2) is 25.0 Å². The maximum atomic E-state index is 11.5. The molecule has 0 bridgehead atoms. The molecule has 0 aliphatic carbocycles. The lowest BCUT2D eigenvalue weighted by Gasteiger charge is -2.12. The average molecular weight is 194 g/mol. The van der Waals surface area contributed by atoms with Gasteiger partial charge in [0.15, 0.2) is 0 Å². The molecule has 1 rings (SSSR count). The molecule has 5 nitrogen and oxygen atoms in total. The van der Waals surface area contributed by atoms with Gasteiger partial charge < -0.3 is 11.5 Å². The van der Waals surface area contributed by atoms with Gasteiger partial charge in [0.05, 0.1) is 0 Å². The monoisotopic (exact) mass is 194 g/mol. The largest absolute Gasteiger partial charge is 0.399 e. The van der Waals surface area contributed by atoms with Crippen LogP contribution in [0.1, 0.15) is 10.4 Å². The third kappa shape index (κ3) is 2.63. The molecule has 1 aromatic rings. The third-order valence-corrected chi connectivity index (χ3v) is 1.57. The van der Waals surface area contributed by atoms with Crippen molar-refractivity contribution in [2.24, 2.45) is 0 Å². The van der Waals surface area contributed by atoms with Crippen molar-refractivity contribution in [3.05, 3.63) is 23.8 Å². The highest BCUT2D eigenvalue weighted by Crippen LogP contribution is 2.13. The Labute approximate surface area is 82.6 Å². The Morgan fingerprint density at radius 3 is 2.14 bits per heavy atom. The average Bonchev–Trinajstić information content (AvgIpc) is 2.00. The molecule has 76 valence electrons. The molecule has 0 aromatic heterocycles. The molecular weight excluding hydrogens is 180 g/mol. The number of hydrogen-bond donors (Lipinski definition) is 3. The van der Waals surface area contributed by atoms with Crippen molar-refractivity contribution in [2.75, 3.05) is 25.6 Å². The van der Waals surface area contributed by atoms with Crippen molar-refractivity contribution >= 4 is 17.3 Å². The first-order chi connectivity index (χ1) is 6.49. The lowest BCUT2D eigenvalue weighted by atomic mass is 10.1. The van der Waals surface area contributed by atoms with Crippen molar-refractivity contribution in [3.8, 4) is 0 Å². The van der Waals surface area contributed by atoms with Gasteiger partial charge in [0.25, 0.3) is 5.91 Å². The van der Waals surface area contributed by atoms with Crippen LogP contribution in [-0.2, 0) is 0 Å². The summed E-state index contributed by atoms with van der Waals surface area (Å²) in [6.45, 7) is 0. The molecular formula is C9H14N4O. The molecule has 5 heteroatoms. The molecule has 0 aliphatic heterocycles. The van der Waals surface area contributed by atoms with Gasteiger partial charge in [0, 0.05) is 31.0 Å². The minimum atomic E-state index is -0.228. The maximum absolute atomic E-state index is 11.5. The molecule has 1 amide bonds. The molecule has 0 heterocycles. The smallest absolute Gasteiger partial charge is 0.265 e. The number of nitrogens with zero attached hydrogens (tertiary/aromatic N) is 1. The SMILES string of the molecule is CN(C)NC(=O)c1cc(N)cc(N)c1. The van der Waals surface area contributed by atoms with Gasteiger partial charge in [-0.15, -0.1) is 0 Å². The molecule has 0 radical (unpaired) electrons. The Hall–Kier alpha value is -1.75. The fourth-order valence-corrected chi connectivity index (χ4v) is 1.08. The predicted octanol–water partition coefficient (Wildman–Crippen LogP) is 0.0574. The van der Waals surface area contributed by atoms with Crippen LogP contribution in [0.25, 0.3) is 0 Å². The molecule has 0 saturated heterocycles. The number of benzene rings is 1. The fraction of sp³-hybridized carbons (Fsp3) is 0.222. The van der Waals surface area contributed by atoms with Crippen LogP contribution in [0.4, 0.5) is 11.4 Å². The van der Waals surface area contributed by atoms with E-state index in [1.807, 2.05) is 0 Å². The number of carbonyl (C=O) groups is 1. The topological polar surface area (TPSA) is 84.4 Å². The zero-order chi connectivity index (χ0) is 10.7. The molecule has 1 aromatic carbocycles. The van der Waals surface area contributed by atoms with Gasteiger partial charge in [-0.25, -0.2) is 5.01 Å². The molecule has 0 saturated carbocycles. The zero-order valence-electron chi connectivity index (χ0n) is 8.24. The number of rotatable bonds is 2. The van der Waals surface area contributed by atoms with E-state index in [2.05, 4.69) is 5.43 Å². The van der Waals surface area contributed by atoms with E-state index in [9.17, 15) is 4.79 Å². The first-order valence-corrected chi connectivity index (χ1v) is 4.13. The Bertz CT molecular complexity index is 328. The highest BCUT2D eigenvalue weighted by Gasteiger charge is 2.07. The highest BCUT2D eigenvalue weighted by molar-refractivity contribution is 5.95. The Morgan fingerprint density at radius 2 is 1.71 bits per heavy atom. The van der Waals surface area contributed by atoms with E-state index >= 15 is 0 Å². The van der Waals surface area contributed by atoms with Crippen LogP contribution < -0.4 is 16.9 Å². The summed E-state index contributed by atoms with van der Waals surface area (Å²) in [7, 11) is 3.46. The van der Waals surface area contributed by atoms with E-state index in [0.29, 0.717) is 16.9 Å². The van der Waals surface area contributed by atoms with Crippen LogP contribution >= 0.6 is 0 Å². The molecule has 14 heavy (non-hydrogen) atoms. The van der Waals surface area contributed by atoms with E-state index < -0.39 is 0 Å². The van der Waals surface area contributed by atoms with Gasteiger partial charge in [0.2, 0.25) is 0 Å². The van der Waals surface area contributed by atoms with Crippen molar-refractivity contribution < 1.29 is 4.79 Å². The number of nitrogen functional groups attached to an aromatic ring is 2. The van der Waals surface area contributed by atoms with E-state index in [-0.39, 0.29) is 5.91 Å². The van der Waals surface area contributed by atoms with Gasteiger partial charge in [-0.1, -0.05) is 0 Å². The molecule has 0 aliphatic rings. The van der Waals surface area contributed by atoms with Crippen molar-refractivity contribution in [2.45, 2.75) is 0 Å². The van der Waals surface area contributed by atoms with Crippen LogP contribution in [0.15, 0.2) is 18.2 Å². The fourth-order valence-electron chi connectivity index (χ4n) is 1.08. The van der Waals surface area contributed by atoms with Gasteiger partial charge >= 0.3 is 0 Å². The summed E-state index contributed by atoms with van der Waals surface area (Å²) in [6.07, 6.45) is 0. The van der Waals surface area contributed by atoms with Crippen LogP contribution in [0.5, 0.6) is 0 Å². The summed E-state index contributed by atoms with van der Waals surface area (Å²) in [5.41, 5.74) is 15.1. The molecule has 0 unspecified atom stereocenters. The molecule has 0 spiro atoms. The summed E-state index contributed by atoms with van der Waals surface area (Å²) < 4.78 is 0. The van der Waals surface area contributed by atoms with Crippen molar-refractivity contribution in [1.82, 2.24) is 10.4 Å². The standard InChI is InChI=1S/C9H14N4O/c1-13(2)12-9(14)6-3-7(10)5-8(11)4-6/h3-5H,10-11H2,1-2H3,(H,12,14). The van der Waals surface area contributed by atoms with E-state index in [0.717, 1.165) is 0 Å². The number of nitrogens with one attached hydrogen (secondary N) is 1. The summed E-state index contributed by atoms with van der Waals surface area (Å²) in [6, 6.07) is 4.76. The summed E-state index contributed by atoms with van der Waals surface area (Å²) in [5, 5.41) is 1.56. The minimum absolute atomic E-state index is 0.228. The van der Waals surface area contributed by atoms with Crippen LogP contribution in [0.2, 0.25) is 0 Å². The number of hydrogen-bond acceptors (Lipinski definition) is 4. The second-order valence-electron chi connectivity index (χ2n) is 3.22. The molecule has 0 fully saturated rings. The number of amides is 1. The Morgan fingerprint density at radius 1 is 1.21 bits per heavy atom. The Balaban J connectivity index is 2.90. The van der Waals surface area contributed by atoms with Gasteiger partial charge in [0.1, 0.15) is 0 Å². The molecule has 0 atom stereocenters. The predicted molar refractivity (Wildman–Crippen MR) is 56.4 cm³/mol. The molecule has 5 N–H and O–H groups in total. The van der Waals surface area contributed by atoms with Gasteiger partial charge in [-0.05, 0) is 18.2 Å². The quantitative estimate of drug-likeness (QED) is 0.459. The summed E-state index contributed by atoms with van der Waals surface area (Å²) in [4.78, 5) is 11.5. The van der Waals surface area contributed by atoms with Crippen molar-refractivity contribution in [1.29, 1.82) is 0 Å². The number of carbonyl (C=O) groups excluding carboxylic acids is 1. The summed E-state index contributed by atoms with van der Waals surface area (Å²) >= 11 is 0. The number of nitrogens with two attached hydrogens (primary N) is 2. The van der Waals surface area contributed by atoms with E-state index in [1.54, 1.807) is 37.3 Å². The highest BCUT2D eigenvalue weighted by atomic mass is 16.2. The second kappa shape index (κ2) is 3.97. The zero-order valence-corrected chi connectivity index (χ0v) is 8.24. The van der Waals surface area contributed by atoms with Crippen LogP contribution in [0, 0.1) is 0 Å². The Kier molecular flexibility index (Phi) is 2.93. The van der Waals surface area contributed by atoms with Crippen LogP contribution in [0.3, 0.4) is 0 Å². The normalized spacial score (nSPS) is 10.2. The number of hydrazine groups is 1. The van der Waals surface area contributed by atoms with Crippen molar-refractivity contribution in [3.63, 3.8) is 0 Å². The second-order valence-corrected chi connectivity index (χ2v) is 3.22. The van der Waals surface area contributed by atoms with E-state index in [4.69, 9.17) is 11.5 Å². The lowest BCUT2D eigenvalue weighted by molar-refractivity contribution is 0.0857. The number of anilines is 2. The summed E-state index contributed by atoms with van der Waals surface area (Å²) in [5.74, 6) is -0.228. The van der Waals surface area contributed by atoms with E-state index in [1.165, 1.54) is 0 Å². The van der Waals surface area contributed by atoms with Gasteiger partial charge in [-0.3, -0.25) is 10.2 Å². The third-order valence-electron chi connectivity index (χ3n) is 1.57. The maximum Gasteiger partial charge on any atom is 0.265 e. The first-order valence-electron chi connectivity index (χ1n) is 4.13.